The molecule has 6 rings (SSSR count). The van der Waals surface area contributed by atoms with Crippen LogP contribution in [0.5, 0.6) is 0 Å². The van der Waals surface area contributed by atoms with Gasteiger partial charge in [-0.05, 0) is 57.2 Å². The Balaban J connectivity index is 1.77. The molecule has 1 saturated carbocycles. The number of fused-ring (bicyclic) bond motifs is 2. The molecule has 1 aliphatic heterocycles. The van der Waals surface area contributed by atoms with E-state index in [2.05, 4.69) is 41.7 Å². The van der Waals surface area contributed by atoms with Crippen LogP contribution in [0.15, 0.2) is 36.4 Å². The highest BCUT2D eigenvalue weighted by atomic mass is 16.5. The van der Waals surface area contributed by atoms with Crippen molar-refractivity contribution >= 4 is 0 Å². The number of benzene rings is 1. The van der Waals surface area contributed by atoms with E-state index in [0.29, 0.717) is 6.04 Å². The summed E-state index contributed by atoms with van der Waals surface area (Å²) in [4.78, 5) is 0. The van der Waals surface area contributed by atoms with Crippen LogP contribution in [0.1, 0.15) is 44.2 Å². The summed E-state index contributed by atoms with van der Waals surface area (Å²) in [7, 11) is 1.82. The highest BCUT2D eigenvalue weighted by Gasteiger charge is 2.70. The minimum absolute atomic E-state index is 0.0878. The van der Waals surface area contributed by atoms with E-state index in [0.717, 1.165) is 32.2 Å². The number of methoxy groups -OCH3 is 1. The van der Waals surface area contributed by atoms with Crippen molar-refractivity contribution in [3.8, 4) is 0 Å². The summed E-state index contributed by atoms with van der Waals surface area (Å²) in [6, 6.07) is 9.49. The molecule has 0 aromatic heterocycles. The summed E-state index contributed by atoms with van der Waals surface area (Å²) >= 11 is 0. The van der Waals surface area contributed by atoms with E-state index in [1.807, 2.05) is 21.0 Å². The molecular weight excluding hydrogens is 310 g/mol. The van der Waals surface area contributed by atoms with Gasteiger partial charge < -0.3 is 15.2 Å². The largest absolute Gasteiger partial charge is 0.390 e. The Morgan fingerprint density at radius 1 is 1.24 bits per heavy atom. The molecule has 1 heterocycles. The fraction of sp³-hybridized carbons (Fsp3) is 0.636. The maximum absolute atomic E-state index is 11.0. The second-order valence-corrected chi connectivity index (χ2v) is 9.32. The third kappa shape index (κ3) is 1.77. The van der Waals surface area contributed by atoms with Gasteiger partial charge in [-0.1, -0.05) is 36.4 Å². The lowest BCUT2D eigenvalue weighted by atomic mass is 9.37. The Labute approximate surface area is 150 Å². The first-order valence-corrected chi connectivity index (χ1v) is 9.67. The number of aliphatic hydroxyl groups is 1. The molecule has 1 spiro atoms. The number of hydrogen-bond acceptors (Lipinski definition) is 3. The van der Waals surface area contributed by atoms with Crippen molar-refractivity contribution < 1.29 is 9.84 Å². The maximum atomic E-state index is 11.0. The molecule has 134 valence electrons. The van der Waals surface area contributed by atoms with Gasteiger partial charge in [0.25, 0.3) is 0 Å². The second-order valence-electron chi connectivity index (χ2n) is 9.32. The second kappa shape index (κ2) is 4.76. The van der Waals surface area contributed by atoms with Gasteiger partial charge in [0.05, 0.1) is 11.2 Å². The number of rotatable bonds is 2. The van der Waals surface area contributed by atoms with Crippen molar-refractivity contribution in [2.75, 3.05) is 13.7 Å². The number of piperidine rings is 1. The zero-order valence-corrected chi connectivity index (χ0v) is 15.5. The summed E-state index contributed by atoms with van der Waals surface area (Å²) < 4.78 is 6.18. The van der Waals surface area contributed by atoms with Crippen molar-refractivity contribution in [1.29, 1.82) is 0 Å². The average molecular weight is 339 g/mol. The molecule has 0 radical (unpaired) electrons. The van der Waals surface area contributed by atoms with Crippen molar-refractivity contribution in [3.05, 3.63) is 47.5 Å². The van der Waals surface area contributed by atoms with Gasteiger partial charge in [-0.25, -0.2) is 0 Å². The zero-order chi connectivity index (χ0) is 17.5. The molecule has 3 heteroatoms. The summed E-state index contributed by atoms with van der Waals surface area (Å²) in [5.74, 6) is 0.121. The van der Waals surface area contributed by atoms with Crippen LogP contribution >= 0.6 is 0 Å². The number of nitrogens with one attached hydrogen (secondary N) is 1. The molecule has 0 amide bonds. The molecule has 1 saturated heterocycles. The van der Waals surface area contributed by atoms with Crippen molar-refractivity contribution in [3.63, 3.8) is 0 Å². The molecule has 2 unspecified atom stereocenters. The van der Waals surface area contributed by atoms with E-state index < -0.39 is 5.60 Å². The first-order chi connectivity index (χ1) is 11.9. The topological polar surface area (TPSA) is 41.5 Å². The molecule has 1 aromatic carbocycles. The SMILES string of the molecule is COC12C=C[C@]3(CC1C(C)(C)O)[C@H]1Cc4ccccc4[C@@]3(CCN1)C2. The van der Waals surface area contributed by atoms with Crippen molar-refractivity contribution in [2.45, 2.75) is 62.2 Å². The minimum Gasteiger partial charge on any atom is -0.390 e. The van der Waals surface area contributed by atoms with Crippen molar-refractivity contribution in [2.24, 2.45) is 11.3 Å². The lowest BCUT2D eigenvalue weighted by Gasteiger charge is -2.71. The van der Waals surface area contributed by atoms with Crippen LogP contribution < -0.4 is 5.32 Å². The molecule has 4 bridgehead atoms. The van der Waals surface area contributed by atoms with E-state index in [1.165, 1.54) is 11.1 Å². The first kappa shape index (κ1) is 16.0. The Morgan fingerprint density at radius 3 is 2.80 bits per heavy atom. The van der Waals surface area contributed by atoms with E-state index in [9.17, 15) is 5.11 Å². The van der Waals surface area contributed by atoms with Gasteiger partial charge in [0.1, 0.15) is 0 Å². The highest BCUT2D eigenvalue weighted by Crippen LogP contribution is 2.69. The summed E-state index contributed by atoms with van der Waals surface area (Å²) in [5.41, 5.74) is 2.13. The van der Waals surface area contributed by atoms with Crippen LogP contribution in [0, 0.1) is 11.3 Å². The molecule has 2 N–H and O–H groups in total. The Morgan fingerprint density at radius 2 is 2.04 bits per heavy atom. The van der Waals surface area contributed by atoms with Gasteiger partial charge in [0.2, 0.25) is 0 Å². The summed E-state index contributed by atoms with van der Waals surface area (Å²) in [5, 5.41) is 14.8. The van der Waals surface area contributed by atoms with Crippen LogP contribution in [-0.2, 0) is 16.6 Å². The molecule has 4 aliphatic carbocycles. The van der Waals surface area contributed by atoms with Gasteiger partial charge in [-0.3, -0.25) is 0 Å². The highest BCUT2D eigenvalue weighted by molar-refractivity contribution is 5.50. The van der Waals surface area contributed by atoms with Crippen LogP contribution in [-0.4, -0.2) is 36.0 Å². The Bertz CT molecular complexity index is 751. The van der Waals surface area contributed by atoms with E-state index >= 15 is 0 Å². The quantitative estimate of drug-likeness (QED) is 0.814. The van der Waals surface area contributed by atoms with E-state index in [4.69, 9.17) is 4.74 Å². The van der Waals surface area contributed by atoms with Gasteiger partial charge in [-0.2, -0.15) is 0 Å². The molecule has 5 atom stereocenters. The lowest BCUT2D eigenvalue weighted by Crippen LogP contribution is -2.74. The Kier molecular flexibility index (Phi) is 3.06. The van der Waals surface area contributed by atoms with Gasteiger partial charge in [-0.15, -0.1) is 0 Å². The number of ether oxygens (including phenoxy) is 1. The molecule has 25 heavy (non-hydrogen) atoms. The fourth-order valence-electron chi connectivity index (χ4n) is 6.96. The van der Waals surface area contributed by atoms with Gasteiger partial charge >= 0.3 is 0 Å². The van der Waals surface area contributed by atoms with Crippen LogP contribution in [0.3, 0.4) is 0 Å². The molecule has 2 fully saturated rings. The molecule has 3 nitrogen and oxygen atoms in total. The Hall–Kier alpha value is -1.16. The normalized spacial score (nSPS) is 44.3. The average Bonchev–Trinajstić information content (AvgIpc) is 2.60. The van der Waals surface area contributed by atoms with Crippen LogP contribution in [0.4, 0.5) is 0 Å². The predicted octanol–water partition coefficient (Wildman–Crippen LogP) is 2.96. The fourth-order valence-corrected chi connectivity index (χ4v) is 6.96. The van der Waals surface area contributed by atoms with E-state index in [1.54, 1.807) is 0 Å². The molecular formula is C22H29NO2. The standard InChI is InChI=1S/C22H29NO2/c1-19(2,24)17-13-20-8-9-22(17,25-3)14-21(20)10-11-23-18(20)12-15-6-4-5-7-16(15)21/h4-9,17-18,23-24H,10-14H2,1-3H3/t17?,18-,20+,21-,22?/m1/s1. The van der Waals surface area contributed by atoms with Crippen LogP contribution in [0.2, 0.25) is 0 Å². The summed E-state index contributed by atoms with van der Waals surface area (Å²) in [6.45, 7) is 4.98. The van der Waals surface area contributed by atoms with E-state index in [-0.39, 0.29) is 22.3 Å². The lowest BCUT2D eigenvalue weighted by molar-refractivity contribution is -0.192. The predicted molar refractivity (Wildman–Crippen MR) is 98.6 cm³/mol. The third-order valence-electron chi connectivity index (χ3n) is 8.02. The van der Waals surface area contributed by atoms with Gasteiger partial charge in [0, 0.05) is 29.9 Å². The van der Waals surface area contributed by atoms with Crippen LogP contribution in [0.25, 0.3) is 0 Å². The molecule has 1 aromatic rings. The maximum Gasteiger partial charge on any atom is 0.0923 e. The third-order valence-corrected chi connectivity index (χ3v) is 8.02. The first-order valence-electron chi connectivity index (χ1n) is 9.67. The molecule has 5 aliphatic rings. The van der Waals surface area contributed by atoms with Crippen molar-refractivity contribution in [1.82, 2.24) is 5.32 Å². The van der Waals surface area contributed by atoms with Gasteiger partial charge in [0.15, 0.2) is 0 Å². The zero-order valence-electron chi connectivity index (χ0n) is 15.5. The monoisotopic (exact) mass is 339 g/mol. The minimum atomic E-state index is -0.749. The smallest absolute Gasteiger partial charge is 0.0923 e. The summed E-state index contributed by atoms with van der Waals surface area (Å²) in [6.07, 6.45) is 8.97. The number of hydrogen-bond donors (Lipinski definition) is 2.